The van der Waals surface area contributed by atoms with Crippen LogP contribution in [0.25, 0.3) is 0 Å². The van der Waals surface area contributed by atoms with Gasteiger partial charge in [0.05, 0.1) is 0 Å². The minimum absolute atomic E-state index is 0.0648. The van der Waals surface area contributed by atoms with Gasteiger partial charge in [0.15, 0.2) is 0 Å². The van der Waals surface area contributed by atoms with Crippen LogP contribution >= 0.6 is 27.3 Å². The third kappa shape index (κ3) is 4.12. The molecule has 86 valence electrons. The van der Waals surface area contributed by atoms with Gasteiger partial charge in [-0.15, -0.1) is 0 Å². The summed E-state index contributed by atoms with van der Waals surface area (Å²) < 4.78 is 37.0. The standard InChI is InChI=1S/C9H11BrF3NS/c1-14-8(2-3-9(11,12)13)6-4-15-5-7(6)10/h4-5,8,14H,2-3H2,1H3. The molecular weight excluding hydrogens is 291 g/mol. The maximum Gasteiger partial charge on any atom is 0.389 e. The van der Waals surface area contributed by atoms with Gasteiger partial charge >= 0.3 is 6.18 Å². The average Bonchev–Trinajstić information content (AvgIpc) is 2.52. The molecule has 0 saturated heterocycles. The molecule has 0 spiro atoms. The molecule has 0 fully saturated rings. The van der Waals surface area contributed by atoms with Gasteiger partial charge in [0, 0.05) is 22.3 Å². The third-order valence-corrected chi connectivity index (χ3v) is 3.83. The highest BCUT2D eigenvalue weighted by Crippen LogP contribution is 2.32. The summed E-state index contributed by atoms with van der Waals surface area (Å²) in [6, 6.07) is -0.243. The van der Waals surface area contributed by atoms with E-state index < -0.39 is 12.6 Å². The number of nitrogens with one attached hydrogen (secondary N) is 1. The fourth-order valence-corrected chi connectivity index (χ4v) is 2.93. The molecule has 1 aromatic rings. The second kappa shape index (κ2) is 5.32. The van der Waals surface area contributed by atoms with Gasteiger partial charge in [0.25, 0.3) is 0 Å². The lowest BCUT2D eigenvalue weighted by molar-refractivity contribution is -0.136. The molecule has 1 heterocycles. The Hall–Kier alpha value is -0.0700. The van der Waals surface area contributed by atoms with Crippen LogP contribution in [0.4, 0.5) is 13.2 Å². The molecule has 0 radical (unpaired) electrons. The first kappa shape index (κ1) is 13.0. The highest BCUT2D eigenvalue weighted by atomic mass is 79.9. The second-order valence-corrected chi connectivity index (χ2v) is 4.77. The van der Waals surface area contributed by atoms with Gasteiger partial charge in [0.1, 0.15) is 0 Å². The monoisotopic (exact) mass is 301 g/mol. The molecule has 15 heavy (non-hydrogen) atoms. The summed E-state index contributed by atoms with van der Waals surface area (Å²) in [5, 5.41) is 6.63. The molecule has 0 aliphatic rings. The van der Waals surface area contributed by atoms with Gasteiger partial charge < -0.3 is 5.32 Å². The fraction of sp³-hybridized carbons (Fsp3) is 0.556. The smallest absolute Gasteiger partial charge is 0.313 e. The van der Waals surface area contributed by atoms with Gasteiger partial charge in [-0.3, -0.25) is 0 Å². The molecule has 6 heteroatoms. The predicted octanol–water partition coefficient (Wildman–Crippen LogP) is 4.11. The summed E-state index contributed by atoms with van der Waals surface area (Å²) in [6.45, 7) is 0. The van der Waals surface area contributed by atoms with Crippen molar-refractivity contribution in [3.8, 4) is 0 Å². The SMILES string of the molecule is CNC(CCC(F)(F)F)c1cscc1Br. The van der Waals surface area contributed by atoms with Crippen molar-refractivity contribution in [1.82, 2.24) is 5.32 Å². The molecule has 1 rings (SSSR count). The minimum Gasteiger partial charge on any atom is -0.313 e. The van der Waals surface area contributed by atoms with Gasteiger partial charge in [-0.1, -0.05) is 0 Å². The zero-order chi connectivity index (χ0) is 11.5. The van der Waals surface area contributed by atoms with E-state index in [1.165, 1.54) is 11.3 Å². The molecule has 0 amide bonds. The largest absolute Gasteiger partial charge is 0.389 e. The van der Waals surface area contributed by atoms with Crippen molar-refractivity contribution in [3.63, 3.8) is 0 Å². The lowest BCUT2D eigenvalue weighted by Gasteiger charge is -2.16. The Kier molecular flexibility index (Phi) is 4.61. The van der Waals surface area contributed by atoms with E-state index in [2.05, 4.69) is 21.2 Å². The molecule has 1 N–H and O–H groups in total. The van der Waals surface area contributed by atoms with Gasteiger partial charge in [-0.2, -0.15) is 24.5 Å². The maximum atomic E-state index is 12.1. The Labute approximate surface area is 98.8 Å². The first-order valence-corrected chi connectivity index (χ1v) is 6.13. The van der Waals surface area contributed by atoms with Crippen LogP contribution in [-0.4, -0.2) is 13.2 Å². The number of halogens is 4. The van der Waals surface area contributed by atoms with Crippen LogP contribution in [0.1, 0.15) is 24.4 Å². The van der Waals surface area contributed by atoms with E-state index in [0.717, 1.165) is 10.0 Å². The highest BCUT2D eigenvalue weighted by Gasteiger charge is 2.28. The molecular formula is C9H11BrF3NS. The molecule has 1 unspecified atom stereocenters. The van der Waals surface area contributed by atoms with Crippen LogP contribution in [0.15, 0.2) is 15.2 Å². The Bertz CT molecular complexity index is 311. The van der Waals surface area contributed by atoms with E-state index in [9.17, 15) is 13.2 Å². The van der Waals surface area contributed by atoms with Crippen molar-refractivity contribution >= 4 is 27.3 Å². The summed E-state index contributed by atoms with van der Waals surface area (Å²) in [5.41, 5.74) is 0.895. The van der Waals surface area contributed by atoms with Gasteiger partial charge in [-0.05, 0) is 40.3 Å². The van der Waals surface area contributed by atoms with Crippen LogP contribution < -0.4 is 5.32 Å². The molecule has 0 aromatic carbocycles. The van der Waals surface area contributed by atoms with Crippen molar-refractivity contribution in [2.45, 2.75) is 25.1 Å². The van der Waals surface area contributed by atoms with Crippen molar-refractivity contribution in [1.29, 1.82) is 0 Å². The van der Waals surface area contributed by atoms with Gasteiger partial charge in [-0.25, -0.2) is 0 Å². The van der Waals surface area contributed by atoms with E-state index in [1.54, 1.807) is 7.05 Å². The van der Waals surface area contributed by atoms with E-state index in [1.807, 2.05) is 10.8 Å². The van der Waals surface area contributed by atoms with Crippen LogP contribution in [0.2, 0.25) is 0 Å². The molecule has 0 bridgehead atoms. The zero-order valence-corrected chi connectivity index (χ0v) is 10.5. The van der Waals surface area contributed by atoms with Crippen molar-refractivity contribution in [2.24, 2.45) is 0 Å². The highest BCUT2D eigenvalue weighted by molar-refractivity contribution is 9.10. The summed E-state index contributed by atoms with van der Waals surface area (Å²) in [6.07, 6.45) is -4.78. The summed E-state index contributed by atoms with van der Waals surface area (Å²) >= 11 is 4.79. The van der Waals surface area contributed by atoms with Crippen molar-refractivity contribution in [2.75, 3.05) is 7.05 Å². The van der Waals surface area contributed by atoms with Crippen LogP contribution in [-0.2, 0) is 0 Å². The van der Waals surface area contributed by atoms with Crippen LogP contribution in [0.5, 0.6) is 0 Å². The number of hydrogen-bond acceptors (Lipinski definition) is 2. The molecule has 1 nitrogen and oxygen atoms in total. The van der Waals surface area contributed by atoms with Crippen LogP contribution in [0.3, 0.4) is 0 Å². The summed E-state index contributed by atoms with van der Waals surface area (Å²) in [5.74, 6) is 0. The maximum absolute atomic E-state index is 12.1. The normalized spacial score (nSPS) is 14.2. The number of thiophene rings is 1. The second-order valence-electron chi connectivity index (χ2n) is 3.17. The van der Waals surface area contributed by atoms with Crippen molar-refractivity contribution in [3.05, 3.63) is 20.8 Å². The first-order chi connectivity index (χ1) is 6.94. The summed E-state index contributed by atoms with van der Waals surface area (Å²) in [4.78, 5) is 0. The fourth-order valence-electron chi connectivity index (χ4n) is 1.30. The zero-order valence-electron chi connectivity index (χ0n) is 8.07. The Morgan fingerprint density at radius 2 is 2.13 bits per heavy atom. The topological polar surface area (TPSA) is 12.0 Å². The first-order valence-electron chi connectivity index (χ1n) is 4.39. The third-order valence-electron chi connectivity index (χ3n) is 2.08. The molecule has 1 atom stereocenters. The molecule has 0 saturated carbocycles. The number of alkyl halides is 3. The minimum atomic E-state index is -4.09. The lowest BCUT2D eigenvalue weighted by atomic mass is 10.1. The quantitative estimate of drug-likeness (QED) is 0.882. The Morgan fingerprint density at radius 3 is 2.53 bits per heavy atom. The molecule has 0 aliphatic heterocycles. The Morgan fingerprint density at radius 1 is 1.47 bits per heavy atom. The molecule has 1 aromatic heterocycles. The van der Waals surface area contributed by atoms with E-state index in [4.69, 9.17) is 0 Å². The van der Waals surface area contributed by atoms with E-state index in [0.29, 0.717) is 0 Å². The van der Waals surface area contributed by atoms with E-state index in [-0.39, 0.29) is 12.5 Å². The molecule has 0 aliphatic carbocycles. The average molecular weight is 302 g/mol. The Balaban J connectivity index is 2.61. The number of hydrogen-bond donors (Lipinski definition) is 1. The number of rotatable bonds is 4. The van der Waals surface area contributed by atoms with Crippen molar-refractivity contribution < 1.29 is 13.2 Å². The van der Waals surface area contributed by atoms with Gasteiger partial charge in [0.2, 0.25) is 0 Å². The lowest BCUT2D eigenvalue weighted by Crippen LogP contribution is -2.19. The van der Waals surface area contributed by atoms with Crippen LogP contribution in [0, 0.1) is 0 Å². The summed E-state index contributed by atoms with van der Waals surface area (Å²) in [7, 11) is 1.67. The predicted molar refractivity (Wildman–Crippen MR) is 59.1 cm³/mol. The van der Waals surface area contributed by atoms with E-state index >= 15 is 0 Å².